The number of anilines is 1. The van der Waals surface area contributed by atoms with Crippen LogP contribution < -0.4 is 10.5 Å². The van der Waals surface area contributed by atoms with Crippen LogP contribution in [0.1, 0.15) is 12.6 Å². The Balaban J connectivity index is 2.38. The molecule has 21 heavy (non-hydrogen) atoms. The van der Waals surface area contributed by atoms with Gasteiger partial charge in [0.15, 0.2) is 0 Å². The zero-order valence-electron chi connectivity index (χ0n) is 11.3. The van der Waals surface area contributed by atoms with Gasteiger partial charge in [0.05, 0.1) is 5.69 Å². The number of benzene rings is 1. The molecule has 2 aromatic rings. The monoisotopic (exact) mass is 435 g/mol. The summed E-state index contributed by atoms with van der Waals surface area (Å²) in [4.78, 5) is 0.205. The Labute approximate surface area is 140 Å². The Bertz CT molecular complexity index is 735. The van der Waals surface area contributed by atoms with Crippen molar-refractivity contribution in [1.29, 1.82) is 0 Å². The molecule has 0 aliphatic carbocycles. The number of hydrogen-bond acceptors (Lipinski definition) is 3. The average molecular weight is 437 g/mol. The Morgan fingerprint density at radius 2 is 2.00 bits per heavy atom. The molecule has 0 saturated carbocycles. The van der Waals surface area contributed by atoms with Gasteiger partial charge in [-0.05, 0) is 47.1 Å². The molecule has 3 N–H and O–H groups in total. The van der Waals surface area contributed by atoms with Gasteiger partial charge in [-0.1, -0.05) is 15.9 Å². The summed E-state index contributed by atoms with van der Waals surface area (Å²) >= 11 is 6.65. The van der Waals surface area contributed by atoms with Crippen molar-refractivity contribution >= 4 is 47.6 Å². The fraction of sp³-hybridized carbons (Fsp3) is 0.231. The van der Waals surface area contributed by atoms with Gasteiger partial charge in [-0.15, -0.1) is 0 Å². The molecule has 5 nitrogen and oxygen atoms in total. The molecule has 0 aliphatic heterocycles. The Hall–Kier alpha value is -0.830. The third-order valence-electron chi connectivity index (χ3n) is 2.99. The second-order valence-corrected chi connectivity index (χ2v) is 7.84. The largest absolute Gasteiger partial charge is 0.349 e. The van der Waals surface area contributed by atoms with Crippen molar-refractivity contribution in [3.8, 4) is 0 Å². The normalized spacial score (nSPS) is 11.6. The number of rotatable bonds is 5. The minimum atomic E-state index is -3.65. The van der Waals surface area contributed by atoms with Gasteiger partial charge in [-0.25, -0.2) is 8.42 Å². The molecule has 0 radical (unpaired) electrons. The van der Waals surface area contributed by atoms with Crippen molar-refractivity contribution in [2.75, 3.05) is 4.72 Å². The topological polar surface area (TPSA) is 77.1 Å². The van der Waals surface area contributed by atoms with Crippen LogP contribution in [0.15, 0.2) is 44.3 Å². The number of nitrogens with one attached hydrogen (secondary N) is 1. The summed E-state index contributed by atoms with van der Waals surface area (Å²) in [7, 11) is -3.65. The molecule has 1 heterocycles. The fourth-order valence-corrected chi connectivity index (χ4v) is 3.89. The molecular formula is C13H15Br2N3O2S. The second kappa shape index (κ2) is 6.51. The first-order valence-electron chi connectivity index (χ1n) is 6.24. The number of aryl methyl sites for hydroxylation is 1. The molecule has 0 fully saturated rings. The van der Waals surface area contributed by atoms with E-state index in [1.165, 1.54) is 0 Å². The van der Waals surface area contributed by atoms with Gasteiger partial charge in [-0.3, -0.25) is 4.72 Å². The molecule has 1 aromatic carbocycles. The highest BCUT2D eigenvalue weighted by molar-refractivity contribution is 9.11. The van der Waals surface area contributed by atoms with Gasteiger partial charge in [0.2, 0.25) is 0 Å². The van der Waals surface area contributed by atoms with Gasteiger partial charge in [0.25, 0.3) is 10.0 Å². The van der Waals surface area contributed by atoms with Gasteiger partial charge >= 0.3 is 0 Å². The van der Waals surface area contributed by atoms with Crippen LogP contribution >= 0.6 is 31.9 Å². The first-order chi connectivity index (χ1) is 9.87. The number of sulfonamides is 1. The highest BCUT2D eigenvalue weighted by Gasteiger charge is 2.19. The molecule has 114 valence electrons. The lowest BCUT2D eigenvalue weighted by atomic mass is 10.3. The van der Waals surface area contributed by atoms with Gasteiger partial charge < -0.3 is 10.3 Å². The summed E-state index contributed by atoms with van der Waals surface area (Å²) in [6, 6.07) is 6.88. The van der Waals surface area contributed by atoms with E-state index in [1.807, 2.05) is 17.6 Å². The van der Waals surface area contributed by atoms with Crippen LogP contribution in [0.4, 0.5) is 5.69 Å². The maximum Gasteiger partial charge on any atom is 0.263 e. The van der Waals surface area contributed by atoms with Gasteiger partial charge in [0, 0.05) is 33.9 Å². The number of halogens is 2. The predicted octanol–water partition coefficient (Wildman–Crippen LogP) is 3.29. The lowest BCUT2D eigenvalue weighted by Gasteiger charge is -2.09. The van der Waals surface area contributed by atoms with E-state index in [0.717, 1.165) is 10.2 Å². The van der Waals surface area contributed by atoms with E-state index in [0.29, 0.717) is 23.2 Å². The molecule has 8 heteroatoms. The van der Waals surface area contributed by atoms with Crippen LogP contribution in [-0.2, 0) is 23.1 Å². The number of hydrogen-bond donors (Lipinski definition) is 2. The molecule has 0 unspecified atom stereocenters. The predicted molar refractivity (Wildman–Crippen MR) is 90.6 cm³/mol. The van der Waals surface area contributed by atoms with E-state index in [1.54, 1.807) is 24.4 Å². The zero-order valence-corrected chi connectivity index (χ0v) is 15.3. The molecule has 0 amide bonds. The second-order valence-electron chi connectivity index (χ2n) is 4.39. The van der Waals surface area contributed by atoms with Crippen LogP contribution in [0.2, 0.25) is 0 Å². The molecule has 0 spiro atoms. The minimum Gasteiger partial charge on any atom is -0.349 e. The first kappa shape index (κ1) is 16.5. The van der Waals surface area contributed by atoms with Crippen molar-refractivity contribution in [3.05, 3.63) is 45.1 Å². The van der Waals surface area contributed by atoms with Crippen LogP contribution in [-0.4, -0.2) is 13.0 Å². The van der Waals surface area contributed by atoms with E-state index in [2.05, 4.69) is 36.6 Å². The van der Waals surface area contributed by atoms with Crippen molar-refractivity contribution in [3.63, 3.8) is 0 Å². The third kappa shape index (κ3) is 3.68. The number of nitrogens with two attached hydrogens (primary N) is 1. The van der Waals surface area contributed by atoms with Crippen molar-refractivity contribution < 1.29 is 8.42 Å². The van der Waals surface area contributed by atoms with Crippen molar-refractivity contribution in [2.45, 2.75) is 24.9 Å². The van der Waals surface area contributed by atoms with Crippen molar-refractivity contribution in [1.82, 2.24) is 4.57 Å². The maximum atomic E-state index is 12.5. The summed E-state index contributed by atoms with van der Waals surface area (Å²) in [6.45, 7) is 2.90. The summed E-state index contributed by atoms with van der Waals surface area (Å²) in [5.41, 5.74) is 6.89. The van der Waals surface area contributed by atoms with E-state index < -0.39 is 10.0 Å². The molecule has 0 atom stereocenters. The van der Waals surface area contributed by atoms with E-state index in [-0.39, 0.29) is 4.90 Å². The van der Waals surface area contributed by atoms with Crippen molar-refractivity contribution in [2.24, 2.45) is 5.73 Å². The van der Waals surface area contributed by atoms with Crippen LogP contribution in [0.25, 0.3) is 0 Å². The van der Waals surface area contributed by atoms with Crippen LogP contribution in [0.5, 0.6) is 0 Å². The standard InChI is InChI=1S/C13H15Br2N3O2S/c1-2-18-8-11(6-10(18)7-16)21(19,20)17-13-5-9(14)3-4-12(13)15/h3-6,8,17H,2,7,16H2,1H3. The molecule has 2 rings (SSSR count). The lowest BCUT2D eigenvalue weighted by Crippen LogP contribution is -2.12. The van der Waals surface area contributed by atoms with Crippen LogP contribution in [0, 0.1) is 0 Å². The summed E-state index contributed by atoms with van der Waals surface area (Å²) in [5, 5.41) is 0. The smallest absolute Gasteiger partial charge is 0.263 e. The summed E-state index contributed by atoms with van der Waals surface area (Å²) in [6.07, 6.45) is 1.59. The Kier molecular flexibility index (Phi) is 5.13. The lowest BCUT2D eigenvalue weighted by molar-refractivity contribution is 0.600. The number of nitrogens with zero attached hydrogens (tertiary/aromatic N) is 1. The maximum absolute atomic E-state index is 12.5. The molecule has 1 aromatic heterocycles. The molecule has 0 saturated heterocycles. The summed E-state index contributed by atoms with van der Waals surface area (Å²) in [5.74, 6) is 0. The van der Waals surface area contributed by atoms with E-state index in [9.17, 15) is 8.42 Å². The molecule has 0 aliphatic rings. The zero-order chi connectivity index (χ0) is 15.6. The van der Waals surface area contributed by atoms with Gasteiger partial charge in [-0.2, -0.15) is 0 Å². The average Bonchev–Trinajstić information content (AvgIpc) is 2.86. The van der Waals surface area contributed by atoms with Crippen LogP contribution in [0.3, 0.4) is 0 Å². The SMILES string of the molecule is CCn1cc(S(=O)(=O)Nc2cc(Br)ccc2Br)cc1CN. The Morgan fingerprint density at radius 1 is 1.29 bits per heavy atom. The third-order valence-corrected chi connectivity index (χ3v) is 5.51. The highest BCUT2D eigenvalue weighted by Crippen LogP contribution is 2.28. The molecular weight excluding hydrogens is 422 g/mol. The first-order valence-corrected chi connectivity index (χ1v) is 9.31. The van der Waals surface area contributed by atoms with E-state index >= 15 is 0 Å². The number of aromatic nitrogens is 1. The summed E-state index contributed by atoms with van der Waals surface area (Å²) < 4.78 is 30.8. The quantitative estimate of drug-likeness (QED) is 0.754. The highest BCUT2D eigenvalue weighted by atomic mass is 79.9. The fourth-order valence-electron chi connectivity index (χ4n) is 1.92. The Morgan fingerprint density at radius 3 is 2.57 bits per heavy atom. The minimum absolute atomic E-state index is 0.205. The van der Waals surface area contributed by atoms with Gasteiger partial charge in [0.1, 0.15) is 4.90 Å². The van der Waals surface area contributed by atoms with E-state index in [4.69, 9.17) is 5.73 Å². The molecule has 0 bridgehead atoms.